The first-order valence-electron chi connectivity index (χ1n) is 7.66. The summed E-state index contributed by atoms with van der Waals surface area (Å²) in [7, 11) is 1.61. The van der Waals surface area contributed by atoms with Gasteiger partial charge in [-0.25, -0.2) is 4.98 Å². The van der Waals surface area contributed by atoms with Gasteiger partial charge in [0.15, 0.2) is 5.13 Å². The number of carbonyl (C=O) groups excluding carboxylic acids is 1. The molecule has 1 fully saturated rings. The van der Waals surface area contributed by atoms with Crippen molar-refractivity contribution in [3.8, 4) is 10.6 Å². The van der Waals surface area contributed by atoms with Gasteiger partial charge >= 0.3 is 0 Å². The van der Waals surface area contributed by atoms with Gasteiger partial charge < -0.3 is 10.1 Å². The van der Waals surface area contributed by atoms with Crippen LogP contribution in [0.2, 0.25) is 0 Å². The van der Waals surface area contributed by atoms with Crippen LogP contribution < -0.4 is 10.6 Å². The molecule has 0 radical (unpaired) electrons. The van der Waals surface area contributed by atoms with E-state index in [-0.39, 0.29) is 5.91 Å². The molecular formula is C16H21N3O2S2. The molecule has 1 amide bonds. The monoisotopic (exact) mass is 351 g/mol. The van der Waals surface area contributed by atoms with E-state index in [4.69, 9.17) is 4.74 Å². The van der Waals surface area contributed by atoms with E-state index in [2.05, 4.69) is 34.7 Å². The number of methoxy groups -OCH3 is 1. The van der Waals surface area contributed by atoms with Crippen molar-refractivity contribution in [2.24, 2.45) is 0 Å². The van der Waals surface area contributed by atoms with Crippen molar-refractivity contribution < 1.29 is 9.53 Å². The first-order valence-corrected chi connectivity index (χ1v) is 9.29. The fourth-order valence-electron chi connectivity index (χ4n) is 2.81. The van der Waals surface area contributed by atoms with E-state index in [0.717, 1.165) is 28.5 Å². The Bertz CT molecular complexity index is 702. The second-order valence-electron chi connectivity index (χ2n) is 5.74. The zero-order valence-corrected chi connectivity index (χ0v) is 15.2. The molecule has 0 aromatic carbocycles. The average Bonchev–Trinajstić information content (AvgIpc) is 3.13. The molecule has 0 bridgehead atoms. The van der Waals surface area contributed by atoms with Gasteiger partial charge in [0.2, 0.25) is 0 Å². The molecule has 2 N–H and O–H groups in total. The number of nitrogens with one attached hydrogen (secondary N) is 2. The summed E-state index contributed by atoms with van der Waals surface area (Å²) in [5.74, 6) is -0.0934. The Morgan fingerprint density at radius 3 is 2.65 bits per heavy atom. The number of thiazole rings is 1. The summed E-state index contributed by atoms with van der Waals surface area (Å²) < 4.78 is 5.56. The van der Waals surface area contributed by atoms with Crippen molar-refractivity contribution in [3.05, 3.63) is 21.9 Å². The number of hydrogen-bond acceptors (Lipinski definition) is 6. The van der Waals surface area contributed by atoms with Crippen LogP contribution in [-0.2, 0) is 9.53 Å². The van der Waals surface area contributed by atoms with Crippen molar-refractivity contribution in [3.63, 3.8) is 0 Å². The van der Waals surface area contributed by atoms with E-state index in [1.807, 2.05) is 6.92 Å². The Balaban J connectivity index is 1.79. The van der Waals surface area contributed by atoms with Crippen LogP contribution in [0, 0.1) is 13.8 Å². The van der Waals surface area contributed by atoms with Crippen LogP contribution in [0.25, 0.3) is 10.6 Å². The first-order chi connectivity index (χ1) is 11.0. The zero-order chi connectivity index (χ0) is 16.4. The Labute approximate surface area is 144 Å². The quantitative estimate of drug-likeness (QED) is 0.888. The molecule has 3 rings (SSSR count). The van der Waals surface area contributed by atoms with Gasteiger partial charge in [-0.2, -0.15) is 0 Å². The summed E-state index contributed by atoms with van der Waals surface area (Å²) >= 11 is 3.23. The SMILES string of the molecule is COC1(C(=O)Nc2nc(-c3ccc(C)s3)c(C)s2)CCNCC1. The molecule has 2 aromatic rings. The van der Waals surface area contributed by atoms with Crippen molar-refractivity contribution >= 4 is 33.7 Å². The van der Waals surface area contributed by atoms with E-state index < -0.39 is 5.60 Å². The van der Waals surface area contributed by atoms with Gasteiger partial charge in [-0.3, -0.25) is 10.1 Å². The molecule has 0 saturated carbocycles. The number of aryl methyl sites for hydroxylation is 2. The van der Waals surface area contributed by atoms with E-state index in [1.165, 1.54) is 16.2 Å². The molecular weight excluding hydrogens is 330 g/mol. The molecule has 0 atom stereocenters. The number of carbonyl (C=O) groups is 1. The maximum atomic E-state index is 12.7. The molecule has 0 spiro atoms. The lowest BCUT2D eigenvalue weighted by molar-refractivity contribution is -0.140. The minimum Gasteiger partial charge on any atom is -0.368 e. The second kappa shape index (κ2) is 6.68. The Hall–Kier alpha value is -1.28. The molecule has 23 heavy (non-hydrogen) atoms. The smallest absolute Gasteiger partial charge is 0.258 e. The normalized spacial score (nSPS) is 17.2. The number of anilines is 1. The van der Waals surface area contributed by atoms with Crippen LogP contribution in [0.15, 0.2) is 12.1 Å². The van der Waals surface area contributed by atoms with Crippen LogP contribution in [-0.4, -0.2) is 36.7 Å². The summed E-state index contributed by atoms with van der Waals surface area (Å²) in [6, 6.07) is 4.17. The molecule has 3 heterocycles. The largest absolute Gasteiger partial charge is 0.368 e. The van der Waals surface area contributed by atoms with Gasteiger partial charge in [0.25, 0.3) is 5.91 Å². The number of aromatic nitrogens is 1. The highest BCUT2D eigenvalue weighted by Crippen LogP contribution is 2.35. The summed E-state index contributed by atoms with van der Waals surface area (Å²) in [5, 5.41) is 6.86. The van der Waals surface area contributed by atoms with E-state index >= 15 is 0 Å². The van der Waals surface area contributed by atoms with Gasteiger partial charge in [0, 0.05) is 16.9 Å². The lowest BCUT2D eigenvalue weighted by Crippen LogP contribution is -2.51. The van der Waals surface area contributed by atoms with E-state index in [1.54, 1.807) is 18.4 Å². The number of thiophene rings is 1. The lowest BCUT2D eigenvalue weighted by atomic mass is 9.91. The average molecular weight is 351 g/mol. The van der Waals surface area contributed by atoms with Crippen molar-refractivity contribution in [2.75, 3.05) is 25.5 Å². The van der Waals surface area contributed by atoms with Gasteiger partial charge in [0.05, 0.1) is 10.6 Å². The maximum Gasteiger partial charge on any atom is 0.258 e. The third-order valence-electron chi connectivity index (χ3n) is 4.21. The second-order valence-corrected chi connectivity index (χ2v) is 8.23. The fourth-order valence-corrected chi connectivity index (χ4v) is 4.61. The first kappa shape index (κ1) is 16.6. The highest BCUT2D eigenvalue weighted by atomic mass is 32.1. The molecule has 7 heteroatoms. The van der Waals surface area contributed by atoms with Gasteiger partial charge in [-0.1, -0.05) is 0 Å². The Morgan fingerprint density at radius 1 is 1.30 bits per heavy atom. The van der Waals surface area contributed by atoms with Gasteiger partial charge in [-0.15, -0.1) is 22.7 Å². The van der Waals surface area contributed by atoms with Crippen LogP contribution >= 0.6 is 22.7 Å². The third kappa shape index (κ3) is 3.33. The summed E-state index contributed by atoms with van der Waals surface area (Å²) in [6.07, 6.45) is 1.35. The minimum absolute atomic E-state index is 0.0934. The van der Waals surface area contributed by atoms with Crippen molar-refractivity contribution in [2.45, 2.75) is 32.3 Å². The van der Waals surface area contributed by atoms with E-state index in [9.17, 15) is 4.79 Å². The minimum atomic E-state index is -0.746. The van der Waals surface area contributed by atoms with E-state index in [0.29, 0.717) is 18.0 Å². The predicted octanol–water partition coefficient (Wildman–Crippen LogP) is 3.20. The zero-order valence-electron chi connectivity index (χ0n) is 13.6. The molecule has 5 nitrogen and oxygen atoms in total. The molecule has 0 aliphatic carbocycles. The molecule has 1 aliphatic heterocycles. The predicted molar refractivity (Wildman–Crippen MR) is 95.4 cm³/mol. The number of ether oxygens (including phenoxy) is 1. The van der Waals surface area contributed by atoms with Gasteiger partial charge in [-0.05, 0) is 51.9 Å². The maximum absolute atomic E-state index is 12.7. The molecule has 124 valence electrons. The standard InChI is InChI=1S/C16H21N3O2S2/c1-10-4-5-12(22-10)13-11(2)23-15(18-13)19-14(20)16(21-3)6-8-17-9-7-16/h4-5,17H,6-9H2,1-3H3,(H,18,19,20). The lowest BCUT2D eigenvalue weighted by Gasteiger charge is -2.34. The van der Waals surface area contributed by atoms with Crippen LogP contribution in [0.5, 0.6) is 0 Å². The number of amides is 1. The third-order valence-corrected chi connectivity index (χ3v) is 6.10. The number of hydrogen-bond donors (Lipinski definition) is 2. The summed E-state index contributed by atoms with van der Waals surface area (Å²) in [4.78, 5) is 20.8. The Morgan fingerprint density at radius 2 is 2.04 bits per heavy atom. The number of piperidine rings is 1. The number of rotatable bonds is 4. The molecule has 0 unspecified atom stereocenters. The highest BCUT2D eigenvalue weighted by molar-refractivity contribution is 7.18. The van der Waals surface area contributed by atoms with Crippen molar-refractivity contribution in [1.29, 1.82) is 0 Å². The van der Waals surface area contributed by atoms with Crippen LogP contribution in [0.1, 0.15) is 22.6 Å². The van der Waals surface area contributed by atoms with Crippen molar-refractivity contribution in [1.82, 2.24) is 10.3 Å². The molecule has 1 aliphatic rings. The summed E-state index contributed by atoms with van der Waals surface area (Å²) in [5.41, 5.74) is 0.213. The van der Waals surface area contributed by atoms with Crippen LogP contribution in [0.3, 0.4) is 0 Å². The highest BCUT2D eigenvalue weighted by Gasteiger charge is 2.40. The van der Waals surface area contributed by atoms with Crippen LogP contribution in [0.4, 0.5) is 5.13 Å². The number of nitrogens with zero attached hydrogens (tertiary/aromatic N) is 1. The fraction of sp³-hybridized carbons (Fsp3) is 0.500. The van der Waals surface area contributed by atoms with Gasteiger partial charge in [0.1, 0.15) is 5.60 Å². The Kier molecular flexibility index (Phi) is 4.82. The molecule has 2 aromatic heterocycles. The topological polar surface area (TPSA) is 63.2 Å². The molecule has 1 saturated heterocycles. The summed E-state index contributed by atoms with van der Waals surface area (Å²) in [6.45, 7) is 5.70.